The number of phenolic OH excluding ortho intramolecular Hbond substituents is 2. The van der Waals surface area contributed by atoms with Crippen LogP contribution >= 0.6 is 11.3 Å². The van der Waals surface area contributed by atoms with Crippen molar-refractivity contribution in [3.05, 3.63) is 94.4 Å². The van der Waals surface area contributed by atoms with Crippen LogP contribution in [0.1, 0.15) is 28.4 Å². The van der Waals surface area contributed by atoms with Gasteiger partial charge in [-0.1, -0.05) is 12.1 Å². The number of anilines is 1. The van der Waals surface area contributed by atoms with E-state index >= 15 is 0 Å². The van der Waals surface area contributed by atoms with E-state index in [0.717, 1.165) is 24.8 Å². The summed E-state index contributed by atoms with van der Waals surface area (Å²) in [5, 5.41) is 23.6. The van der Waals surface area contributed by atoms with Crippen LogP contribution in [0.3, 0.4) is 0 Å². The Bertz CT molecular complexity index is 1270. The highest BCUT2D eigenvalue weighted by Gasteiger charge is 2.28. The van der Waals surface area contributed by atoms with Crippen molar-refractivity contribution in [2.75, 3.05) is 4.90 Å². The molecule has 168 valence electrons. The molecule has 0 radical (unpaired) electrons. The minimum absolute atomic E-state index is 0.0363. The van der Waals surface area contributed by atoms with E-state index in [1.54, 1.807) is 24.3 Å². The molecule has 0 spiro atoms. The monoisotopic (exact) mass is 466 g/mol. The molecule has 0 atom stereocenters. The Morgan fingerprint density at radius 3 is 2.48 bits per heavy atom. The quantitative estimate of drug-likeness (QED) is 0.356. The number of nitrogens with zero attached hydrogens (tertiary/aromatic N) is 2. The first-order valence-corrected chi connectivity index (χ1v) is 11.0. The van der Waals surface area contributed by atoms with E-state index in [1.165, 1.54) is 40.6 Å². The molecule has 0 saturated carbocycles. The molecule has 2 aromatic heterocycles. The molecule has 33 heavy (non-hydrogen) atoms. The lowest BCUT2D eigenvalue weighted by Gasteiger charge is -2.24. The Morgan fingerprint density at radius 1 is 1.09 bits per heavy atom. The van der Waals surface area contributed by atoms with Crippen LogP contribution in [-0.4, -0.2) is 21.1 Å². The first kappa shape index (κ1) is 22.4. The summed E-state index contributed by atoms with van der Waals surface area (Å²) in [5.41, 5.74) is 2.20. The summed E-state index contributed by atoms with van der Waals surface area (Å²) >= 11 is 1.50. The van der Waals surface area contributed by atoms with E-state index < -0.39 is 11.8 Å². The number of amides is 1. The number of benzene rings is 2. The van der Waals surface area contributed by atoms with Crippen molar-refractivity contribution in [2.24, 2.45) is 0 Å². The first-order chi connectivity index (χ1) is 15.7. The maximum Gasteiger partial charge on any atom is 0.272 e. The van der Waals surface area contributed by atoms with Gasteiger partial charge in [0.1, 0.15) is 11.5 Å². The molecule has 1 amide bonds. The van der Waals surface area contributed by atoms with E-state index in [2.05, 4.69) is 4.98 Å². The third kappa shape index (κ3) is 4.85. The minimum atomic E-state index is -3.06. The number of hydrogen-bond donors (Lipinski definition) is 2. The highest BCUT2D eigenvalue weighted by molar-refractivity contribution is 7.07. The molecule has 0 aliphatic rings. The van der Waals surface area contributed by atoms with Crippen molar-refractivity contribution in [1.82, 2.24) is 4.98 Å². The number of phenols is 2. The lowest BCUT2D eigenvalue weighted by molar-refractivity contribution is 0.0177. The zero-order valence-electron chi connectivity index (χ0n) is 17.6. The van der Waals surface area contributed by atoms with Gasteiger partial charge in [-0.2, -0.15) is 11.3 Å². The molecule has 0 aliphatic carbocycles. The second kappa shape index (κ2) is 8.99. The molecule has 4 aromatic rings. The van der Waals surface area contributed by atoms with Crippen LogP contribution in [0.5, 0.6) is 11.5 Å². The largest absolute Gasteiger partial charge is 0.508 e. The average molecular weight is 467 g/mol. The van der Waals surface area contributed by atoms with Gasteiger partial charge < -0.3 is 15.1 Å². The van der Waals surface area contributed by atoms with Crippen molar-refractivity contribution < 1.29 is 23.8 Å². The molecule has 5 nitrogen and oxygen atoms in total. The smallest absolute Gasteiger partial charge is 0.272 e. The molecule has 0 bridgehead atoms. The summed E-state index contributed by atoms with van der Waals surface area (Å²) < 4.78 is 28.1. The van der Waals surface area contributed by atoms with Crippen LogP contribution in [0, 0.1) is 0 Å². The van der Waals surface area contributed by atoms with Gasteiger partial charge in [0.05, 0.1) is 12.1 Å². The van der Waals surface area contributed by atoms with Crippen molar-refractivity contribution >= 4 is 22.9 Å². The van der Waals surface area contributed by atoms with E-state index in [1.807, 2.05) is 16.8 Å². The van der Waals surface area contributed by atoms with Crippen LogP contribution in [0.15, 0.2) is 77.8 Å². The van der Waals surface area contributed by atoms with Crippen LogP contribution in [0.2, 0.25) is 0 Å². The number of pyridine rings is 1. The SMILES string of the molecule is CC(F)(F)c1cnccc1-c1ccc(N(Cc2ccsc2)C(=O)c2ccc(O)cc2O)cc1. The number of hydrogen-bond acceptors (Lipinski definition) is 5. The topological polar surface area (TPSA) is 73.7 Å². The molecular formula is C25H20F2N2O3S. The minimum Gasteiger partial charge on any atom is -0.508 e. The van der Waals surface area contributed by atoms with Gasteiger partial charge >= 0.3 is 0 Å². The molecule has 0 unspecified atom stereocenters. The Labute approximate surface area is 193 Å². The van der Waals surface area contributed by atoms with E-state index in [0.29, 0.717) is 16.8 Å². The van der Waals surface area contributed by atoms with Crippen LogP contribution in [-0.2, 0) is 12.5 Å². The van der Waals surface area contributed by atoms with Gasteiger partial charge in [-0.25, -0.2) is 8.78 Å². The summed E-state index contributed by atoms with van der Waals surface area (Å²) in [6.45, 7) is 1.07. The number of aromatic hydroxyl groups is 2. The van der Waals surface area contributed by atoms with Crippen LogP contribution in [0.25, 0.3) is 11.1 Å². The number of halogens is 2. The van der Waals surface area contributed by atoms with Gasteiger partial charge in [0, 0.05) is 36.6 Å². The average Bonchev–Trinajstić information content (AvgIpc) is 3.30. The normalized spacial score (nSPS) is 11.4. The number of aromatic nitrogens is 1. The lowest BCUT2D eigenvalue weighted by Crippen LogP contribution is -2.30. The van der Waals surface area contributed by atoms with Gasteiger partial charge in [-0.05, 0) is 63.8 Å². The van der Waals surface area contributed by atoms with E-state index in [9.17, 15) is 23.8 Å². The Hall–Kier alpha value is -3.78. The van der Waals surface area contributed by atoms with E-state index in [-0.39, 0.29) is 29.2 Å². The Balaban J connectivity index is 1.72. The molecule has 2 N–H and O–H groups in total. The number of carbonyl (C=O) groups is 1. The van der Waals surface area contributed by atoms with Crippen molar-refractivity contribution in [3.63, 3.8) is 0 Å². The second-order valence-corrected chi connectivity index (χ2v) is 8.36. The molecule has 0 aliphatic heterocycles. The number of carbonyl (C=O) groups excluding carboxylic acids is 1. The highest BCUT2D eigenvalue weighted by atomic mass is 32.1. The maximum atomic E-state index is 14.0. The molecule has 2 aromatic carbocycles. The fourth-order valence-corrected chi connectivity index (χ4v) is 4.17. The molecule has 2 heterocycles. The third-order valence-electron chi connectivity index (χ3n) is 5.16. The van der Waals surface area contributed by atoms with Gasteiger partial charge in [-0.15, -0.1) is 0 Å². The lowest BCUT2D eigenvalue weighted by atomic mass is 9.98. The second-order valence-electron chi connectivity index (χ2n) is 7.58. The highest BCUT2D eigenvalue weighted by Crippen LogP contribution is 2.36. The first-order valence-electron chi connectivity index (χ1n) is 10.0. The van der Waals surface area contributed by atoms with Crippen LogP contribution < -0.4 is 4.90 Å². The maximum absolute atomic E-state index is 14.0. The van der Waals surface area contributed by atoms with Gasteiger partial charge in [0.2, 0.25) is 0 Å². The fraction of sp³-hybridized carbons (Fsp3) is 0.120. The molecular weight excluding hydrogens is 446 g/mol. The number of thiophene rings is 1. The Morgan fingerprint density at radius 2 is 1.85 bits per heavy atom. The predicted octanol–water partition coefficient (Wildman–Crippen LogP) is 6.18. The van der Waals surface area contributed by atoms with Gasteiger partial charge in [0.25, 0.3) is 11.8 Å². The van der Waals surface area contributed by atoms with Crippen molar-refractivity contribution in [2.45, 2.75) is 19.4 Å². The summed E-state index contributed by atoms with van der Waals surface area (Å²) in [5.74, 6) is -4.01. The van der Waals surface area contributed by atoms with E-state index in [4.69, 9.17) is 0 Å². The van der Waals surface area contributed by atoms with Gasteiger partial charge in [0.15, 0.2) is 0 Å². The summed E-state index contributed by atoms with van der Waals surface area (Å²) in [6.07, 6.45) is 2.61. The third-order valence-corrected chi connectivity index (χ3v) is 5.89. The zero-order valence-corrected chi connectivity index (χ0v) is 18.4. The standard InChI is InChI=1S/C25H20F2N2O3S/c1-25(26,27)22-13-28-10-8-20(22)17-2-4-18(5-3-17)29(14-16-9-11-33-15-16)24(32)21-7-6-19(30)12-23(21)31/h2-13,15,30-31H,14H2,1H3. The predicted molar refractivity (Wildman–Crippen MR) is 124 cm³/mol. The molecule has 4 rings (SSSR count). The van der Waals surface area contributed by atoms with Crippen molar-refractivity contribution in [1.29, 1.82) is 0 Å². The summed E-state index contributed by atoms with van der Waals surface area (Å²) in [6, 6.07) is 13.9. The van der Waals surface area contributed by atoms with Crippen molar-refractivity contribution in [3.8, 4) is 22.6 Å². The fourth-order valence-electron chi connectivity index (χ4n) is 3.51. The molecule has 8 heteroatoms. The summed E-state index contributed by atoms with van der Waals surface area (Å²) in [4.78, 5) is 18.6. The number of alkyl halides is 2. The summed E-state index contributed by atoms with van der Waals surface area (Å²) in [7, 11) is 0. The zero-order chi connectivity index (χ0) is 23.6. The Kier molecular flexibility index (Phi) is 6.11. The number of rotatable bonds is 6. The van der Waals surface area contributed by atoms with Gasteiger partial charge in [-0.3, -0.25) is 9.78 Å². The molecule has 0 saturated heterocycles. The van der Waals surface area contributed by atoms with Crippen LogP contribution in [0.4, 0.5) is 14.5 Å². The molecule has 0 fully saturated rings.